The molecule has 0 unspecified atom stereocenters. The third-order valence-electron chi connectivity index (χ3n) is 6.62. The predicted octanol–water partition coefficient (Wildman–Crippen LogP) is 4.57. The molecule has 4 aromatic carbocycles. The van der Waals surface area contributed by atoms with E-state index in [1.807, 2.05) is 36.4 Å². The summed E-state index contributed by atoms with van der Waals surface area (Å²) in [6.07, 6.45) is 0. The fourth-order valence-corrected chi connectivity index (χ4v) is 4.64. The molecule has 0 fully saturated rings. The topological polar surface area (TPSA) is 116 Å². The molecule has 0 aromatic heterocycles. The van der Waals surface area contributed by atoms with Crippen molar-refractivity contribution >= 4 is 46.4 Å². The second kappa shape index (κ2) is 10.2. The Morgan fingerprint density at radius 2 is 0.825 bits per heavy atom. The Morgan fingerprint density at radius 3 is 1.18 bits per heavy atom. The summed E-state index contributed by atoms with van der Waals surface area (Å²) in [5.74, 6) is -1.35. The highest BCUT2D eigenvalue weighted by molar-refractivity contribution is 6.30. The standard InChI is InChI=1S/C32H22N4O4/c37-29(33-23-7-3-1-4-8-23)21-15-11-19(12-16-21)27-25-26(32(40)35-27)28(36-31(25)39)20-13-17-22(18-14-20)30(38)34-24-9-5-2-6-10-24/h1-18H,(H,33,37)(H,34,38)(H,35,40)(H,36,39). The van der Waals surface area contributed by atoms with Gasteiger partial charge < -0.3 is 21.3 Å². The van der Waals surface area contributed by atoms with E-state index in [0.717, 1.165) is 0 Å². The average molecular weight is 527 g/mol. The third-order valence-corrected chi connectivity index (χ3v) is 6.62. The molecular weight excluding hydrogens is 504 g/mol. The summed E-state index contributed by atoms with van der Waals surface area (Å²) >= 11 is 0. The molecule has 0 saturated heterocycles. The molecule has 0 saturated carbocycles. The van der Waals surface area contributed by atoms with Gasteiger partial charge in [-0.3, -0.25) is 19.2 Å². The summed E-state index contributed by atoms with van der Waals surface area (Å²) in [7, 11) is 0. The van der Waals surface area contributed by atoms with Crippen molar-refractivity contribution in [3.63, 3.8) is 0 Å². The Hall–Kier alpha value is -5.76. The molecule has 4 amide bonds. The molecule has 4 N–H and O–H groups in total. The van der Waals surface area contributed by atoms with Crippen LogP contribution >= 0.6 is 0 Å². The number of carbonyl (C=O) groups excluding carboxylic acids is 4. The number of rotatable bonds is 6. The smallest absolute Gasteiger partial charge is 0.258 e. The van der Waals surface area contributed by atoms with Crippen LogP contribution in [0.3, 0.4) is 0 Å². The van der Waals surface area contributed by atoms with Crippen LogP contribution < -0.4 is 21.3 Å². The first-order valence-corrected chi connectivity index (χ1v) is 12.5. The normalized spacial score (nSPS) is 14.0. The number of carbonyl (C=O) groups is 4. The van der Waals surface area contributed by atoms with Gasteiger partial charge in [0.2, 0.25) is 0 Å². The molecule has 8 heteroatoms. The van der Waals surface area contributed by atoms with Gasteiger partial charge in [0.25, 0.3) is 23.6 Å². The van der Waals surface area contributed by atoms with E-state index >= 15 is 0 Å². The van der Waals surface area contributed by atoms with Gasteiger partial charge in [0.15, 0.2) is 0 Å². The van der Waals surface area contributed by atoms with E-state index in [4.69, 9.17) is 0 Å². The Morgan fingerprint density at radius 1 is 0.475 bits per heavy atom. The molecule has 0 bridgehead atoms. The second-order valence-electron chi connectivity index (χ2n) is 9.20. The Labute approximate surface area is 229 Å². The van der Waals surface area contributed by atoms with Crippen molar-refractivity contribution in [2.75, 3.05) is 10.6 Å². The number of hydrogen-bond acceptors (Lipinski definition) is 4. The van der Waals surface area contributed by atoms with Gasteiger partial charge in [-0.1, -0.05) is 60.7 Å². The SMILES string of the molecule is O=C1NC(c2ccc(C(=O)Nc3ccccc3)cc2)=C2C(=O)NC(c3ccc(C(=O)Nc4ccccc4)cc3)=C12. The van der Waals surface area contributed by atoms with Crippen LogP contribution in [0.15, 0.2) is 120 Å². The van der Waals surface area contributed by atoms with Gasteiger partial charge >= 0.3 is 0 Å². The van der Waals surface area contributed by atoms with E-state index in [1.54, 1.807) is 72.8 Å². The molecule has 2 aliphatic heterocycles. The minimum Gasteiger partial charge on any atom is -0.322 e. The molecule has 4 aromatic rings. The Balaban J connectivity index is 1.24. The van der Waals surface area contributed by atoms with E-state index in [2.05, 4.69) is 21.3 Å². The van der Waals surface area contributed by atoms with Crippen LogP contribution in [-0.4, -0.2) is 23.6 Å². The maximum atomic E-state index is 13.0. The summed E-state index contributed by atoms with van der Waals surface area (Å²) in [4.78, 5) is 51.2. The fraction of sp³-hybridized carbons (Fsp3) is 0. The van der Waals surface area contributed by atoms with Crippen LogP contribution in [0.1, 0.15) is 31.8 Å². The summed E-state index contributed by atoms with van der Waals surface area (Å²) in [6, 6.07) is 31.6. The molecule has 6 rings (SSSR count). The quantitative estimate of drug-likeness (QED) is 0.294. The highest BCUT2D eigenvalue weighted by atomic mass is 16.2. The monoisotopic (exact) mass is 526 g/mol. The predicted molar refractivity (Wildman–Crippen MR) is 152 cm³/mol. The van der Waals surface area contributed by atoms with E-state index in [-0.39, 0.29) is 23.0 Å². The zero-order valence-corrected chi connectivity index (χ0v) is 21.0. The van der Waals surface area contributed by atoms with Crippen molar-refractivity contribution in [3.8, 4) is 0 Å². The van der Waals surface area contributed by atoms with Crippen LogP contribution in [0.5, 0.6) is 0 Å². The van der Waals surface area contributed by atoms with E-state index < -0.39 is 11.8 Å². The van der Waals surface area contributed by atoms with Crippen molar-refractivity contribution in [2.24, 2.45) is 0 Å². The molecule has 2 heterocycles. The highest BCUT2D eigenvalue weighted by Crippen LogP contribution is 2.37. The number of para-hydroxylation sites is 2. The Bertz CT molecular complexity index is 1590. The molecule has 0 atom stereocenters. The van der Waals surface area contributed by atoms with Gasteiger partial charge in [-0.2, -0.15) is 0 Å². The number of benzene rings is 4. The van der Waals surface area contributed by atoms with Crippen molar-refractivity contribution in [1.29, 1.82) is 0 Å². The largest absolute Gasteiger partial charge is 0.322 e. The van der Waals surface area contributed by atoms with Gasteiger partial charge in [0, 0.05) is 22.5 Å². The number of fused-ring (bicyclic) bond motifs is 1. The molecule has 0 radical (unpaired) electrons. The molecule has 40 heavy (non-hydrogen) atoms. The zero-order chi connectivity index (χ0) is 27.6. The first kappa shape index (κ1) is 24.6. The maximum absolute atomic E-state index is 13.0. The molecule has 0 spiro atoms. The van der Waals surface area contributed by atoms with Gasteiger partial charge in [0.05, 0.1) is 22.5 Å². The number of amides is 4. The Kier molecular flexibility index (Phi) is 6.26. The van der Waals surface area contributed by atoms with Crippen molar-refractivity contribution in [1.82, 2.24) is 10.6 Å². The van der Waals surface area contributed by atoms with Crippen LogP contribution in [0.4, 0.5) is 11.4 Å². The van der Waals surface area contributed by atoms with E-state index in [9.17, 15) is 19.2 Å². The molecule has 194 valence electrons. The first-order valence-electron chi connectivity index (χ1n) is 12.5. The van der Waals surface area contributed by atoms with Crippen molar-refractivity contribution in [2.45, 2.75) is 0 Å². The minimum atomic E-state index is -0.407. The molecule has 2 aliphatic rings. The van der Waals surface area contributed by atoms with Crippen molar-refractivity contribution in [3.05, 3.63) is 143 Å². The fourth-order valence-electron chi connectivity index (χ4n) is 4.64. The van der Waals surface area contributed by atoms with Gasteiger partial charge in [-0.05, 0) is 59.7 Å². The number of nitrogens with one attached hydrogen (secondary N) is 4. The lowest BCUT2D eigenvalue weighted by atomic mass is 10.0. The molecule has 0 aliphatic carbocycles. The number of anilines is 2. The second-order valence-corrected chi connectivity index (χ2v) is 9.20. The molecular formula is C32H22N4O4. The summed E-state index contributed by atoms with van der Waals surface area (Å²) < 4.78 is 0. The van der Waals surface area contributed by atoms with E-state index in [0.29, 0.717) is 45.0 Å². The number of hydrogen-bond donors (Lipinski definition) is 4. The van der Waals surface area contributed by atoms with Gasteiger partial charge in [0.1, 0.15) is 0 Å². The first-order chi connectivity index (χ1) is 19.5. The van der Waals surface area contributed by atoms with E-state index in [1.165, 1.54) is 0 Å². The van der Waals surface area contributed by atoms with Gasteiger partial charge in [-0.25, -0.2) is 0 Å². The average Bonchev–Trinajstić information content (AvgIpc) is 3.52. The third kappa shape index (κ3) is 4.65. The van der Waals surface area contributed by atoms with Crippen LogP contribution in [0, 0.1) is 0 Å². The van der Waals surface area contributed by atoms with Crippen LogP contribution in [0.2, 0.25) is 0 Å². The van der Waals surface area contributed by atoms with Crippen LogP contribution in [-0.2, 0) is 9.59 Å². The maximum Gasteiger partial charge on any atom is 0.258 e. The molecule has 8 nitrogen and oxygen atoms in total. The van der Waals surface area contributed by atoms with Crippen molar-refractivity contribution < 1.29 is 19.2 Å². The zero-order valence-electron chi connectivity index (χ0n) is 21.0. The lowest BCUT2D eigenvalue weighted by molar-refractivity contribution is -0.117. The summed E-state index contributed by atoms with van der Waals surface area (Å²) in [6.45, 7) is 0. The van der Waals surface area contributed by atoms with Crippen LogP contribution in [0.25, 0.3) is 11.4 Å². The summed E-state index contributed by atoms with van der Waals surface area (Å²) in [5, 5.41) is 11.3. The lowest BCUT2D eigenvalue weighted by Gasteiger charge is -2.09. The van der Waals surface area contributed by atoms with Gasteiger partial charge in [-0.15, -0.1) is 0 Å². The minimum absolute atomic E-state index is 0.243. The summed E-state index contributed by atoms with van der Waals surface area (Å²) in [5.41, 5.74) is 4.66. The highest BCUT2D eigenvalue weighted by Gasteiger charge is 2.40. The lowest BCUT2D eigenvalue weighted by Crippen LogP contribution is -2.21.